The third-order valence-corrected chi connectivity index (χ3v) is 6.43. The predicted octanol–water partition coefficient (Wildman–Crippen LogP) is 7.45. The summed E-state index contributed by atoms with van der Waals surface area (Å²) in [5, 5.41) is 1.56. The first-order valence-corrected chi connectivity index (χ1v) is 10.9. The van der Waals surface area contributed by atoms with Crippen molar-refractivity contribution >= 4 is 10.8 Å². The molecule has 1 fully saturated rings. The van der Waals surface area contributed by atoms with Gasteiger partial charge in [-0.2, -0.15) is 0 Å². The molecule has 0 aromatic heterocycles. The van der Waals surface area contributed by atoms with Crippen LogP contribution in [0.3, 0.4) is 0 Å². The van der Waals surface area contributed by atoms with E-state index in [1.54, 1.807) is 6.92 Å². The second-order valence-corrected chi connectivity index (χ2v) is 8.74. The highest BCUT2D eigenvalue weighted by Gasteiger charge is 2.17. The van der Waals surface area contributed by atoms with Crippen molar-refractivity contribution in [2.75, 3.05) is 0 Å². The lowest BCUT2D eigenvalue weighted by Gasteiger charge is -2.26. The van der Waals surface area contributed by atoms with Gasteiger partial charge < -0.3 is 0 Å². The standard InChI is InChI=1S/C28H29F/c1-20-3-6-22(7-4-20)8-9-23-10-12-24(13-11-23)14-15-25-16-18-27-26(19-25)17-5-21(2)28(27)29/h5,10-13,16-20,22H,3-4,6-9H2,1-2H3. The fourth-order valence-electron chi connectivity index (χ4n) is 4.37. The quantitative estimate of drug-likeness (QED) is 0.411. The minimum atomic E-state index is -0.139. The molecule has 3 aromatic rings. The Kier molecular flexibility index (Phi) is 6.00. The summed E-state index contributed by atoms with van der Waals surface area (Å²) in [6.45, 7) is 4.18. The topological polar surface area (TPSA) is 0 Å². The fraction of sp³-hybridized carbons (Fsp3) is 0.357. The van der Waals surface area contributed by atoms with Crippen LogP contribution in [-0.2, 0) is 6.42 Å². The molecule has 0 atom stereocenters. The molecule has 0 N–H and O–H groups in total. The molecule has 1 aliphatic carbocycles. The minimum absolute atomic E-state index is 0.139. The summed E-state index contributed by atoms with van der Waals surface area (Å²) in [6, 6.07) is 18.1. The van der Waals surface area contributed by atoms with Crippen LogP contribution in [0, 0.1) is 36.4 Å². The van der Waals surface area contributed by atoms with Crippen LogP contribution in [0.25, 0.3) is 10.8 Å². The fourth-order valence-corrected chi connectivity index (χ4v) is 4.37. The van der Waals surface area contributed by atoms with Crippen LogP contribution in [0.4, 0.5) is 4.39 Å². The summed E-state index contributed by atoms with van der Waals surface area (Å²) in [4.78, 5) is 0. The predicted molar refractivity (Wildman–Crippen MR) is 121 cm³/mol. The van der Waals surface area contributed by atoms with E-state index in [-0.39, 0.29) is 5.82 Å². The van der Waals surface area contributed by atoms with Crippen molar-refractivity contribution in [3.05, 3.63) is 82.7 Å². The maximum atomic E-state index is 14.2. The minimum Gasteiger partial charge on any atom is -0.206 e. The lowest BCUT2D eigenvalue weighted by Crippen LogP contribution is -2.12. The van der Waals surface area contributed by atoms with E-state index in [0.717, 1.165) is 28.3 Å². The number of benzene rings is 3. The maximum absolute atomic E-state index is 14.2. The molecule has 29 heavy (non-hydrogen) atoms. The molecular formula is C28H29F. The monoisotopic (exact) mass is 384 g/mol. The van der Waals surface area contributed by atoms with Gasteiger partial charge in [0.1, 0.15) is 5.82 Å². The molecule has 1 saturated carbocycles. The highest BCUT2D eigenvalue weighted by molar-refractivity contribution is 5.85. The molecule has 0 saturated heterocycles. The highest BCUT2D eigenvalue weighted by Crippen LogP contribution is 2.31. The Morgan fingerprint density at radius 1 is 0.862 bits per heavy atom. The van der Waals surface area contributed by atoms with Crippen LogP contribution >= 0.6 is 0 Å². The van der Waals surface area contributed by atoms with E-state index in [9.17, 15) is 4.39 Å². The van der Waals surface area contributed by atoms with Crippen molar-refractivity contribution in [1.29, 1.82) is 0 Å². The third-order valence-electron chi connectivity index (χ3n) is 6.43. The molecular weight excluding hydrogens is 355 g/mol. The van der Waals surface area contributed by atoms with Crippen LogP contribution in [0.5, 0.6) is 0 Å². The molecule has 3 aromatic carbocycles. The number of aryl methyl sites for hydroxylation is 2. The van der Waals surface area contributed by atoms with Gasteiger partial charge in [0.25, 0.3) is 0 Å². The van der Waals surface area contributed by atoms with Crippen molar-refractivity contribution in [3.63, 3.8) is 0 Å². The van der Waals surface area contributed by atoms with E-state index in [1.807, 2.05) is 30.3 Å². The average molecular weight is 385 g/mol. The van der Waals surface area contributed by atoms with Crippen LogP contribution < -0.4 is 0 Å². The van der Waals surface area contributed by atoms with Crippen molar-refractivity contribution in [2.45, 2.75) is 52.4 Å². The normalized spacial score (nSPS) is 19.0. The Bertz CT molecular complexity index is 1040. The Labute approximate surface area is 174 Å². The molecule has 0 radical (unpaired) electrons. The number of hydrogen-bond acceptors (Lipinski definition) is 0. The van der Waals surface area contributed by atoms with Crippen molar-refractivity contribution in [1.82, 2.24) is 0 Å². The zero-order chi connectivity index (χ0) is 20.2. The molecule has 0 aliphatic heterocycles. The lowest BCUT2D eigenvalue weighted by atomic mass is 9.80. The molecule has 1 aliphatic rings. The largest absolute Gasteiger partial charge is 0.206 e. The van der Waals surface area contributed by atoms with Gasteiger partial charge in [-0.3, -0.25) is 0 Å². The van der Waals surface area contributed by atoms with E-state index < -0.39 is 0 Å². The molecule has 148 valence electrons. The SMILES string of the molecule is Cc1ccc2cc(C#Cc3ccc(CCC4CCC(C)CC4)cc3)ccc2c1F. The smallest absolute Gasteiger partial charge is 0.133 e. The van der Waals surface area contributed by atoms with Gasteiger partial charge in [0.15, 0.2) is 0 Å². The summed E-state index contributed by atoms with van der Waals surface area (Å²) in [5.41, 5.74) is 4.02. The van der Waals surface area contributed by atoms with Crippen LogP contribution in [0.2, 0.25) is 0 Å². The molecule has 1 heteroatoms. The Morgan fingerprint density at radius 3 is 2.31 bits per heavy atom. The zero-order valence-corrected chi connectivity index (χ0v) is 17.5. The van der Waals surface area contributed by atoms with Crippen molar-refractivity contribution < 1.29 is 4.39 Å². The van der Waals surface area contributed by atoms with E-state index in [0.29, 0.717) is 10.9 Å². The van der Waals surface area contributed by atoms with Gasteiger partial charge in [-0.05, 0) is 72.4 Å². The van der Waals surface area contributed by atoms with Gasteiger partial charge in [-0.25, -0.2) is 4.39 Å². The van der Waals surface area contributed by atoms with Gasteiger partial charge >= 0.3 is 0 Å². The third kappa shape index (κ3) is 4.88. The summed E-state index contributed by atoms with van der Waals surface area (Å²) < 4.78 is 14.2. The van der Waals surface area contributed by atoms with Gasteiger partial charge in [-0.15, -0.1) is 0 Å². The van der Waals surface area contributed by atoms with Crippen molar-refractivity contribution in [2.24, 2.45) is 11.8 Å². The van der Waals surface area contributed by atoms with Gasteiger partial charge in [0.05, 0.1) is 0 Å². The average Bonchev–Trinajstić information content (AvgIpc) is 2.75. The molecule has 0 amide bonds. The van der Waals surface area contributed by atoms with Gasteiger partial charge in [0, 0.05) is 16.5 Å². The summed E-state index contributed by atoms with van der Waals surface area (Å²) >= 11 is 0. The Hall–Kier alpha value is -2.59. The number of hydrogen-bond donors (Lipinski definition) is 0. The summed E-state index contributed by atoms with van der Waals surface area (Å²) in [7, 11) is 0. The highest BCUT2D eigenvalue weighted by atomic mass is 19.1. The van der Waals surface area contributed by atoms with Gasteiger partial charge in [0.2, 0.25) is 0 Å². The molecule has 0 nitrogen and oxygen atoms in total. The molecule has 0 spiro atoms. The second kappa shape index (κ2) is 8.83. The van der Waals surface area contributed by atoms with Gasteiger partial charge in [-0.1, -0.05) is 74.8 Å². The summed E-state index contributed by atoms with van der Waals surface area (Å²) in [5.74, 6) is 8.16. The van der Waals surface area contributed by atoms with Crippen molar-refractivity contribution in [3.8, 4) is 11.8 Å². The van der Waals surface area contributed by atoms with E-state index in [2.05, 4.69) is 43.0 Å². The van der Waals surface area contributed by atoms with E-state index in [1.165, 1.54) is 44.1 Å². The molecule has 0 unspecified atom stereocenters. The zero-order valence-electron chi connectivity index (χ0n) is 17.5. The number of halogens is 1. The van der Waals surface area contributed by atoms with Crippen LogP contribution in [0.15, 0.2) is 54.6 Å². The molecule has 0 bridgehead atoms. The first-order chi connectivity index (χ1) is 14.1. The van der Waals surface area contributed by atoms with E-state index >= 15 is 0 Å². The number of rotatable bonds is 3. The number of fused-ring (bicyclic) bond motifs is 1. The Balaban J connectivity index is 1.40. The van der Waals surface area contributed by atoms with E-state index in [4.69, 9.17) is 0 Å². The first kappa shape index (κ1) is 19.7. The maximum Gasteiger partial charge on any atom is 0.133 e. The summed E-state index contributed by atoms with van der Waals surface area (Å²) in [6.07, 6.45) is 8.09. The Morgan fingerprint density at radius 2 is 1.55 bits per heavy atom. The van der Waals surface area contributed by atoms with Crippen LogP contribution in [0.1, 0.15) is 61.3 Å². The first-order valence-electron chi connectivity index (χ1n) is 10.9. The molecule has 0 heterocycles. The second-order valence-electron chi connectivity index (χ2n) is 8.74. The molecule has 4 rings (SSSR count). The lowest BCUT2D eigenvalue weighted by molar-refractivity contribution is 0.278. The van der Waals surface area contributed by atoms with Crippen LogP contribution in [-0.4, -0.2) is 0 Å².